The normalized spacial score (nSPS) is 24.1. The van der Waals surface area contributed by atoms with Gasteiger partial charge in [-0.15, -0.1) is 0 Å². The molecule has 3 fully saturated rings. The minimum absolute atomic E-state index is 0.000687. The van der Waals surface area contributed by atoms with Crippen LogP contribution in [0.3, 0.4) is 0 Å². The highest BCUT2D eigenvalue weighted by Gasteiger charge is 2.45. The van der Waals surface area contributed by atoms with Gasteiger partial charge < -0.3 is 14.2 Å². The molecule has 1 unspecified atom stereocenters. The summed E-state index contributed by atoms with van der Waals surface area (Å²) in [7, 11) is 0. The molecule has 1 saturated carbocycles. The third kappa shape index (κ3) is 7.48. The van der Waals surface area contributed by atoms with E-state index in [1.165, 1.54) is 28.7 Å². The molecule has 2 aromatic carbocycles. The van der Waals surface area contributed by atoms with Crippen molar-refractivity contribution in [3.63, 3.8) is 0 Å². The highest BCUT2D eigenvalue weighted by atomic mass is 35.5. The second kappa shape index (κ2) is 15.4. The van der Waals surface area contributed by atoms with Gasteiger partial charge in [0.1, 0.15) is 12.1 Å². The van der Waals surface area contributed by atoms with Crippen molar-refractivity contribution in [1.82, 2.24) is 29.2 Å². The summed E-state index contributed by atoms with van der Waals surface area (Å²) in [5, 5.41) is 0.722. The van der Waals surface area contributed by atoms with Crippen molar-refractivity contribution in [3.05, 3.63) is 119 Å². The first-order chi connectivity index (χ1) is 25.4. The molecule has 2 aromatic heterocycles. The molecule has 2 aliphatic heterocycles. The van der Waals surface area contributed by atoms with Gasteiger partial charge in [0.05, 0.1) is 18.1 Å². The fourth-order valence-corrected chi connectivity index (χ4v) is 9.54. The first-order valence-corrected chi connectivity index (χ1v) is 19.5. The third-order valence-corrected chi connectivity index (χ3v) is 12.1. The van der Waals surface area contributed by atoms with Gasteiger partial charge in [-0.3, -0.25) is 19.6 Å². The minimum atomic E-state index is -0.684. The van der Waals surface area contributed by atoms with Crippen molar-refractivity contribution in [3.8, 4) is 0 Å². The van der Waals surface area contributed by atoms with E-state index in [0.29, 0.717) is 32.7 Å². The lowest BCUT2D eigenvalue weighted by molar-refractivity contribution is -0.143. The van der Waals surface area contributed by atoms with Gasteiger partial charge in [-0.25, -0.2) is 9.78 Å². The van der Waals surface area contributed by atoms with Crippen LogP contribution < -0.4 is 0 Å². The van der Waals surface area contributed by atoms with E-state index in [0.717, 1.165) is 75.0 Å². The summed E-state index contributed by atoms with van der Waals surface area (Å²) < 4.78 is 8.32. The number of hydrogen-bond donors (Lipinski definition) is 0. The highest BCUT2D eigenvalue weighted by Crippen LogP contribution is 2.40. The number of rotatable bonds is 7. The maximum atomic E-state index is 15.1. The number of benzene rings is 2. The Morgan fingerprint density at radius 3 is 2.58 bits per heavy atom. The number of likely N-dealkylation sites (tertiary alicyclic amines) is 1. The number of piperazine rings is 1. The quantitative estimate of drug-likeness (QED) is 0.202. The van der Waals surface area contributed by atoms with Crippen LogP contribution in [-0.4, -0.2) is 86.1 Å². The zero-order chi connectivity index (χ0) is 35.5. The van der Waals surface area contributed by atoms with Crippen LogP contribution in [0.15, 0.2) is 85.6 Å². The summed E-state index contributed by atoms with van der Waals surface area (Å²) >= 11 is 6.54. The van der Waals surface area contributed by atoms with Crippen LogP contribution in [0.2, 0.25) is 5.02 Å². The zero-order valence-electron chi connectivity index (χ0n) is 29.9. The van der Waals surface area contributed by atoms with E-state index in [9.17, 15) is 4.79 Å². The molecule has 2 amide bonds. The van der Waals surface area contributed by atoms with Gasteiger partial charge in [-0.1, -0.05) is 60.5 Å². The van der Waals surface area contributed by atoms with Crippen LogP contribution >= 0.6 is 11.6 Å². The van der Waals surface area contributed by atoms with Gasteiger partial charge in [0.25, 0.3) is 0 Å². The van der Waals surface area contributed by atoms with Crippen LogP contribution in [0.25, 0.3) is 0 Å². The molecule has 4 heterocycles. The maximum absolute atomic E-state index is 15.1. The number of aryl methyl sites for hydroxylation is 2. The van der Waals surface area contributed by atoms with Gasteiger partial charge in [0.15, 0.2) is 0 Å². The van der Waals surface area contributed by atoms with Crippen LogP contribution in [0.1, 0.15) is 78.9 Å². The van der Waals surface area contributed by atoms with E-state index >= 15 is 4.79 Å². The van der Waals surface area contributed by atoms with Crippen LogP contribution in [0, 0.1) is 5.41 Å². The van der Waals surface area contributed by atoms with E-state index in [1.807, 2.05) is 48.0 Å². The van der Waals surface area contributed by atoms with Crippen molar-refractivity contribution in [2.75, 3.05) is 32.7 Å². The largest absolute Gasteiger partial charge is 0.446 e. The number of amides is 2. The summed E-state index contributed by atoms with van der Waals surface area (Å²) in [5.41, 5.74) is 5.69. The molecule has 52 heavy (non-hydrogen) atoms. The highest BCUT2D eigenvalue weighted by molar-refractivity contribution is 6.30. The zero-order valence-corrected chi connectivity index (χ0v) is 30.7. The number of ether oxygens (including phenoxy) is 1. The molecule has 8 rings (SSSR count). The lowest BCUT2D eigenvalue weighted by Crippen LogP contribution is -2.63. The Labute approximate surface area is 311 Å². The third-order valence-electron chi connectivity index (χ3n) is 11.8. The molecular formula is C42H49ClN6O3. The summed E-state index contributed by atoms with van der Waals surface area (Å²) in [6.45, 7) is 3.43. The molecular weight excluding hydrogens is 672 g/mol. The molecule has 9 nitrogen and oxygen atoms in total. The Morgan fingerprint density at radius 1 is 0.904 bits per heavy atom. The first kappa shape index (κ1) is 34.9. The number of nitrogens with zero attached hydrogens (tertiary/aromatic N) is 6. The number of piperidine rings is 1. The fraction of sp³-hybridized carbons (Fsp3) is 0.476. The number of hydrogen-bond acceptors (Lipinski definition) is 6. The van der Waals surface area contributed by atoms with Gasteiger partial charge in [-0.05, 0) is 98.2 Å². The van der Waals surface area contributed by atoms with E-state index in [-0.39, 0.29) is 29.6 Å². The predicted molar refractivity (Wildman–Crippen MR) is 201 cm³/mol. The van der Waals surface area contributed by atoms with E-state index in [1.54, 1.807) is 4.90 Å². The number of fused-ring (bicyclic) bond motifs is 2. The molecule has 0 bridgehead atoms. The molecule has 2 saturated heterocycles. The molecule has 272 valence electrons. The van der Waals surface area contributed by atoms with Gasteiger partial charge >= 0.3 is 6.09 Å². The summed E-state index contributed by atoms with van der Waals surface area (Å²) in [6.07, 6.45) is 16.7. The topological polar surface area (TPSA) is 83.8 Å². The van der Waals surface area contributed by atoms with Gasteiger partial charge in [-0.2, -0.15) is 0 Å². The Balaban J connectivity index is 1.12. The Morgan fingerprint density at radius 2 is 1.75 bits per heavy atom. The molecule has 4 aliphatic rings. The lowest BCUT2D eigenvalue weighted by Gasteiger charge is -2.48. The van der Waals surface area contributed by atoms with E-state index < -0.39 is 6.04 Å². The number of pyridine rings is 1. The summed E-state index contributed by atoms with van der Waals surface area (Å²) in [5.74, 6) is -0.000687. The van der Waals surface area contributed by atoms with E-state index in [2.05, 4.69) is 56.9 Å². The van der Waals surface area contributed by atoms with E-state index in [4.69, 9.17) is 21.3 Å². The molecule has 2 aliphatic carbocycles. The van der Waals surface area contributed by atoms with Crippen molar-refractivity contribution < 1.29 is 14.3 Å². The molecule has 0 spiro atoms. The number of imidazole rings is 1. The number of carbonyl (C=O) groups is 2. The lowest BCUT2D eigenvalue weighted by atomic mass is 9.74. The molecule has 0 radical (unpaired) electrons. The fourth-order valence-electron chi connectivity index (χ4n) is 9.35. The van der Waals surface area contributed by atoms with Crippen LogP contribution in [0.5, 0.6) is 0 Å². The second-order valence-electron chi connectivity index (χ2n) is 15.4. The minimum Gasteiger partial charge on any atom is -0.446 e. The van der Waals surface area contributed by atoms with Crippen molar-refractivity contribution in [1.29, 1.82) is 0 Å². The van der Waals surface area contributed by atoms with Crippen molar-refractivity contribution in [2.45, 2.75) is 88.9 Å². The first-order valence-electron chi connectivity index (χ1n) is 19.2. The van der Waals surface area contributed by atoms with Crippen LogP contribution in [-0.2, 0) is 35.3 Å². The average Bonchev–Trinajstić information content (AvgIpc) is 3.62. The average molecular weight is 721 g/mol. The number of aromatic nitrogens is 3. The standard InChI is InChI=1S/C42H49ClN6O3/c43-34-16-17-36-33(25-34)15-14-32-11-7-19-45-38(32)39(36)47-23-24-49(41(51)52-35-12-5-2-6-13-35)37(27-47)40(50)48-21-8-18-42(29-48,28-46-22-20-44-30-46)26-31-9-3-1-4-10-31/h1,3-4,7,9-11,16-17,19-20,22,25,30,35,37,39H,2,5-6,8,12-15,18,21,23-24,26-29H2/t37-,39+,42?/m1/s1. The van der Waals surface area contributed by atoms with Crippen LogP contribution in [0.4, 0.5) is 4.79 Å². The second-order valence-corrected chi connectivity index (χ2v) is 15.8. The maximum Gasteiger partial charge on any atom is 0.410 e. The predicted octanol–water partition coefficient (Wildman–Crippen LogP) is 7.13. The molecule has 10 heteroatoms. The Kier molecular flexibility index (Phi) is 10.3. The summed E-state index contributed by atoms with van der Waals surface area (Å²) in [4.78, 5) is 44.7. The Hall–Kier alpha value is -4.21. The number of halogens is 1. The molecule has 0 N–H and O–H groups in total. The van der Waals surface area contributed by atoms with Gasteiger partial charge in [0, 0.05) is 68.3 Å². The smallest absolute Gasteiger partial charge is 0.410 e. The summed E-state index contributed by atoms with van der Waals surface area (Å²) in [6, 6.07) is 20.1. The van der Waals surface area contributed by atoms with Crippen molar-refractivity contribution in [2.24, 2.45) is 5.41 Å². The molecule has 4 aromatic rings. The monoisotopic (exact) mass is 720 g/mol. The number of carbonyl (C=O) groups excluding carboxylic acids is 2. The SMILES string of the molecule is O=C([C@H]1CN([C@H]2c3ccc(Cl)cc3CCc3cccnc32)CCN1C(=O)OC1CCCCC1)N1CCCC(Cc2ccccc2)(Cn2ccnc2)C1. The van der Waals surface area contributed by atoms with Crippen molar-refractivity contribution >= 4 is 23.6 Å². The van der Waals surface area contributed by atoms with Gasteiger partial charge in [0.2, 0.25) is 5.91 Å². The Bertz CT molecular complexity index is 1850. The molecule has 3 atom stereocenters.